The molecule has 6 nitrogen and oxygen atoms in total. The molecular weight excluding hydrogens is 322 g/mol. The molecule has 2 aromatic rings. The SMILES string of the molecule is COc1ccc(C(=O)N2CCc3ccccc3C2C(=O)O)cc1OC. The number of aliphatic carboxylic acids is 1. The van der Waals surface area contributed by atoms with Crippen LogP contribution in [-0.4, -0.2) is 42.6 Å². The van der Waals surface area contributed by atoms with E-state index in [-0.39, 0.29) is 5.91 Å². The van der Waals surface area contributed by atoms with Crippen LogP contribution in [0, 0.1) is 0 Å². The molecule has 0 aromatic heterocycles. The van der Waals surface area contributed by atoms with Crippen molar-refractivity contribution in [3.8, 4) is 11.5 Å². The van der Waals surface area contributed by atoms with Crippen molar-refractivity contribution >= 4 is 11.9 Å². The van der Waals surface area contributed by atoms with E-state index in [2.05, 4.69) is 0 Å². The number of rotatable bonds is 4. The molecule has 1 aliphatic heterocycles. The fourth-order valence-corrected chi connectivity index (χ4v) is 3.19. The van der Waals surface area contributed by atoms with Crippen LogP contribution in [0.3, 0.4) is 0 Å². The smallest absolute Gasteiger partial charge is 0.331 e. The van der Waals surface area contributed by atoms with Crippen molar-refractivity contribution in [3.05, 3.63) is 59.2 Å². The van der Waals surface area contributed by atoms with Gasteiger partial charge in [-0.15, -0.1) is 0 Å². The Kier molecular flexibility index (Phi) is 4.61. The third-order valence-corrected chi connectivity index (χ3v) is 4.41. The van der Waals surface area contributed by atoms with Gasteiger partial charge in [-0.3, -0.25) is 4.79 Å². The van der Waals surface area contributed by atoms with Crippen LogP contribution in [0.15, 0.2) is 42.5 Å². The first-order valence-corrected chi connectivity index (χ1v) is 7.90. The molecule has 1 N–H and O–H groups in total. The van der Waals surface area contributed by atoms with Crippen LogP contribution < -0.4 is 9.47 Å². The molecule has 0 aliphatic carbocycles. The molecule has 0 bridgehead atoms. The summed E-state index contributed by atoms with van der Waals surface area (Å²) in [7, 11) is 3.00. The van der Waals surface area contributed by atoms with Crippen LogP contribution in [0.5, 0.6) is 11.5 Å². The van der Waals surface area contributed by atoms with Gasteiger partial charge in [0.1, 0.15) is 0 Å². The summed E-state index contributed by atoms with van der Waals surface area (Å²) in [6.07, 6.45) is 0.624. The Hall–Kier alpha value is -3.02. The standard InChI is InChI=1S/C19H19NO5/c1-24-15-8-7-13(11-16(15)25-2)18(21)20-10-9-12-5-3-4-6-14(12)17(20)19(22)23/h3-8,11,17H,9-10H2,1-2H3,(H,22,23). The average molecular weight is 341 g/mol. The summed E-state index contributed by atoms with van der Waals surface area (Å²) in [6, 6.07) is 11.2. The minimum atomic E-state index is -1.04. The summed E-state index contributed by atoms with van der Waals surface area (Å²) in [5, 5.41) is 9.70. The zero-order chi connectivity index (χ0) is 18.0. The lowest BCUT2D eigenvalue weighted by Gasteiger charge is -2.34. The van der Waals surface area contributed by atoms with Crippen molar-refractivity contribution < 1.29 is 24.2 Å². The molecule has 0 fully saturated rings. The summed E-state index contributed by atoms with van der Waals surface area (Å²) in [5.41, 5.74) is 1.99. The zero-order valence-electron chi connectivity index (χ0n) is 14.1. The Balaban J connectivity index is 1.98. The zero-order valence-corrected chi connectivity index (χ0v) is 14.1. The number of amides is 1. The summed E-state index contributed by atoms with van der Waals surface area (Å²) in [5.74, 6) is -0.445. The van der Waals surface area contributed by atoms with Gasteiger partial charge in [-0.25, -0.2) is 4.79 Å². The van der Waals surface area contributed by atoms with E-state index in [9.17, 15) is 14.7 Å². The highest BCUT2D eigenvalue weighted by Crippen LogP contribution is 2.33. The summed E-state index contributed by atoms with van der Waals surface area (Å²) in [6.45, 7) is 0.348. The van der Waals surface area contributed by atoms with Crippen LogP contribution in [0.4, 0.5) is 0 Å². The van der Waals surface area contributed by atoms with Crippen LogP contribution in [0.2, 0.25) is 0 Å². The lowest BCUT2D eigenvalue weighted by molar-refractivity contribution is -0.143. The van der Waals surface area contributed by atoms with E-state index in [1.807, 2.05) is 12.1 Å². The Morgan fingerprint density at radius 1 is 1.08 bits per heavy atom. The van der Waals surface area contributed by atoms with Crippen molar-refractivity contribution in [1.29, 1.82) is 0 Å². The molecule has 2 aromatic carbocycles. The minimum Gasteiger partial charge on any atom is -0.493 e. The van der Waals surface area contributed by atoms with Gasteiger partial charge in [0.15, 0.2) is 17.5 Å². The van der Waals surface area contributed by atoms with Crippen LogP contribution in [0.25, 0.3) is 0 Å². The largest absolute Gasteiger partial charge is 0.493 e. The van der Waals surface area contributed by atoms with Gasteiger partial charge in [-0.05, 0) is 35.7 Å². The normalized spacial score (nSPS) is 16.1. The molecule has 1 unspecified atom stereocenters. The van der Waals surface area contributed by atoms with Crippen LogP contribution >= 0.6 is 0 Å². The van der Waals surface area contributed by atoms with Crippen LogP contribution in [0.1, 0.15) is 27.5 Å². The Bertz CT molecular complexity index is 817. The van der Waals surface area contributed by atoms with E-state index < -0.39 is 12.0 Å². The number of nitrogens with zero attached hydrogens (tertiary/aromatic N) is 1. The number of benzene rings is 2. The molecule has 0 radical (unpaired) electrons. The second-order valence-corrected chi connectivity index (χ2v) is 5.76. The van der Waals surface area contributed by atoms with E-state index in [4.69, 9.17) is 9.47 Å². The van der Waals surface area contributed by atoms with E-state index in [0.717, 1.165) is 5.56 Å². The van der Waals surface area contributed by atoms with Gasteiger partial charge in [0, 0.05) is 12.1 Å². The fraction of sp³-hybridized carbons (Fsp3) is 0.263. The van der Waals surface area contributed by atoms with Crippen molar-refractivity contribution in [2.24, 2.45) is 0 Å². The van der Waals surface area contributed by atoms with Gasteiger partial charge in [-0.2, -0.15) is 0 Å². The van der Waals surface area contributed by atoms with Crippen molar-refractivity contribution in [2.45, 2.75) is 12.5 Å². The summed E-state index contributed by atoms with van der Waals surface area (Å²) < 4.78 is 10.4. The van der Waals surface area contributed by atoms with Gasteiger partial charge in [0.05, 0.1) is 14.2 Å². The number of carboxylic acid groups (broad SMARTS) is 1. The van der Waals surface area contributed by atoms with E-state index in [0.29, 0.717) is 35.6 Å². The number of fused-ring (bicyclic) bond motifs is 1. The predicted molar refractivity (Wildman–Crippen MR) is 91.1 cm³/mol. The quantitative estimate of drug-likeness (QED) is 0.925. The van der Waals surface area contributed by atoms with Crippen molar-refractivity contribution in [2.75, 3.05) is 20.8 Å². The van der Waals surface area contributed by atoms with Gasteiger partial charge >= 0.3 is 5.97 Å². The highest BCUT2D eigenvalue weighted by Gasteiger charge is 2.36. The van der Waals surface area contributed by atoms with Gasteiger partial charge in [0.2, 0.25) is 0 Å². The van der Waals surface area contributed by atoms with Crippen LogP contribution in [-0.2, 0) is 11.2 Å². The number of carbonyl (C=O) groups excluding carboxylic acids is 1. The maximum atomic E-state index is 13.0. The fourth-order valence-electron chi connectivity index (χ4n) is 3.19. The van der Waals surface area contributed by atoms with E-state index >= 15 is 0 Å². The number of ether oxygens (including phenoxy) is 2. The molecule has 0 saturated heterocycles. The third-order valence-electron chi connectivity index (χ3n) is 4.41. The first-order valence-electron chi connectivity index (χ1n) is 7.90. The molecule has 1 aliphatic rings. The molecule has 3 rings (SSSR count). The topological polar surface area (TPSA) is 76.1 Å². The van der Waals surface area contributed by atoms with Gasteiger partial charge in [-0.1, -0.05) is 24.3 Å². The number of methoxy groups -OCH3 is 2. The summed E-state index contributed by atoms with van der Waals surface area (Å²) in [4.78, 5) is 26.2. The minimum absolute atomic E-state index is 0.345. The first kappa shape index (κ1) is 16.8. The number of hydrogen-bond acceptors (Lipinski definition) is 4. The van der Waals surface area contributed by atoms with E-state index in [1.165, 1.54) is 19.1 Å². The molecule has 130 valence electrons. The maximum absolute atomic E-state index is 13.0. The van der Waals surface area contributed by atoms with E-state index in [1.54, 1.807) is 30.3 Å². The molecular formula is C19H19NO5. The molecule has 0 saturated carbocycles. The Labute approximate surface area is 145 Å². The second kappa shape index (κ2) is 6.84. The summed E-state index contributed by atoms with van der Waals surface area (Å²) >= 11 is 0. The molecule has 25 heavy (non-hydrogen) atoms. The lowest BCUT2D eigenvalue weighted by Crippen LogP contribution is -2.43. The molecule has 6 heteroatoms. The predicted octanol–water partition coefficient (Wildman–Crippen LogP) is 2.53. The Morgan fingerprint density at radius 3 is 2.48 bits per heavy atom. The van der Waals surface area contributed by atoms with Gasteiger partial charge < -0.3 is 19.5 Å². The maximum Gasteiger partial charge on any atom is 0.331 e. The molecule has 0 spiro atoms. The average Bonchev–Trinajstić information content (AvgIpc) is 2.65. The second-order valence-electron chi connectivity index (χ2n) is 5.76. The monoisotopic (exact) mass is 341 g/mol. The number of hydrogen-bond donors (Lipinski definition) is 1. The lowest BCUT2D eigenvalue weighted by atomic mass is 9.92. The number of carboxylic acids is 1. The molecule has 1 heterocycles. The van der Waals surface area contributed by atoms with Crippen molar-refractivity contribution in [3.63, 3.8) is 0 Å². The molecule has 1 atom stereocenters. The van der Waals surface area contributed by atoms with Crippen molar-refractivity contribution in [1.82, 2.24) is 4.90 Å². The third kappa shape index (κ3) is 3.03. The Morgan fingerprint density at radius 2 is 1.80 bits per heavy atom. The molecule has 1 amide bonds. The highest BCUT2D eigenvalue weighted by molar-refractivity contribution is 5.97. The van der Waals surface area contributed by atoms with Gasteiger partial charge in [0.25, 0.3) is 5.91 Å². The highest BCUT2D eigenvalue weighted by atomic mass is 16.5. The number of carbonyl (C=O) groups is 2. The first-order chi connectivity index (χ1) is 12.1.